The fraction of sp³-hybridized carbons (Fsp3) is 0.571. The zero-order valence-electron chi connectivity index (χ0n) is 17.5. The van der Waals surface area contributed by atoms with Gasteiger partial charge >= 0.3 is 12.1 Å². The number of esters is 1. The highest BCUT2D eigenvalue weighted by Crippen LogP contribution is 2.36. The number of nitrogens with zero attached hydrogens (tertiary/aromatic N) is 1. The van der Waals surface area contributed by atoms with Crippen molar-refractivity contribution in [1.29, 1.82) is 0 Å². The second-order valence-corrected chi connectivity index (χ2v) is 8.35. The van der Waals surface area contributed by atoms with Gasteiger partial charge in [-0.3, -0.25) is 14.5 Å². The molecule has 0 heterocycles. The van der Waals surface area contributed by atoms with Crippen LogP contribution in [0.25, 0.3) is 0 Å². The van der Waals surface area contributed by atoms with E-state index in [2.05, 4.69) is 0 Å². The standard InChI is InChI=1S/C21H28ClNO6/c1-21(2,3)29-20(26)23(17-12-13(27-4)10-11-15(17)22)16-9-7-6-8-14(18(16)24)19(25)28-5/h10-12,14,16H,6-9H2,1-5H3. The van der Waals surface area contributed by atoms with Crippen molar-refractivity contribution in [3.63, 3.8) is 0 Å². The molecule has 160 valence electrons. The molecule has 0 N–H and O–H groups in total. The first-order chi connectivity index (χ1) is 13.6. The van der Waals surface area contributed by atoms with E-state index in [0.29, 0.717) is 37.1 Å². The minimum Gasteiger partial charge on any atom is -0.497 e. The number of carbonyl (C=O) groups is 3. The predicted octanol–water partition coefficient (Wildman–Crippen LogP) is 4.39. The Kier molecular flexibility index (Phi) is 7.52. The van der Waals surface area contributed by atoms with Crippen LogP contribution in [-0.2, 0) is 19.1 Å². The van der Waals surface area contributed by atoms with Crippen LogP contribution in [-0.4, -0.2) is 43.7 Å². The molecule has 0 aliphatic heterocycles. The van der Waals surface area contributed by atoms with Gasteiger partial charge in [-0.05, 0) is 45.7 Å². The Morgan fingerprint density at radius 3 is 2.38 bits per heavy atom. The first-order valence-corrected chi connectivity index (χ1v) is 9.94. The summed E-state index contributed by atoms with van der Waals surface area (Å²) in [5.74, 6) is -1.42. The summed E-state index contributed by atoms with van der Waals surface area (Å²) in [6.45, 7) is 5.22. The summed E-state index contributed by atoms with van der Waals surface area (Å²) in [4.78, 5) is 39.8. The summed E-state index contributed by atoms with van der Waals surface area (Å²) in [6, 6.07) is 3.93. The minimum absolute atomic E-state index is 0.267. The summed E-state index contributed by atoms with van der Waals surface area (Å²) >= 11 is 6.39. The van der Waals surface area contributed by atoms with E-state index in [1.54, 1.807) is 39.0 Å². The molecule has 1 saturated carbocycles. The van der Waals surface area contributed by atoms with Crippen molar-refractivity contribution < 1.29 is 28.6 Å². The van der Waals surface area contributed by atoms with Gasteiger partial charge in [0.2, 0.25) is 0 Å². The molecule has 1 aliphatic carbocycles. The number of halogens is 1. The summed E-state index contributed by atoms with van der Waals surface area (Å²) in [5, 5.41) is 0.267. The monoisotopic (exact) mass is 425 g/mol. The molecule has 0 aromatic heterocycles. The fourth-order valence-electron chi connectivity index (χ4n) is 3.34. The Balaban J connectivity index is 2.55. The van der Waals surface area contributed by atoms with E-state index in [9.17, 15) is 14.4 Å². The Morgan fingerprint density at radius 2 is 1.79 bits per heavy atom. The molecule has 1 fully saturated rings. The Morgan fingerprint density at radius 1 is 1.14 bits per heavy atom. The molecule has 1 aromatic rings. The molecule has 0 saturated heterocycles. The van der Waals surface area contributed by atoms with Gasteiger partial charge < -0.3 is 14.2 Å². The predicted molar refractivity (Wildman–Crippen MR) is 109 cm³/mol. The SMILES string of the molecule is COC(=O)C1CCCCC(N(C(=O)OC(C)(C)C)c2cc(OC)ccc2Cl)C1=O. The average molecular weight is 426 g/mol. The number of Topliss-reactive ketones (excluding diaryl/α,β-unsaturated/α-hetero) is 1. The zero-order valence-corrected chi connectivity index (χ0v) is 18.2. The van der Waals surface area contributed by atoms with Crippen LogP contribution in [0, 0.1) is 5.92 Å². The third-order valence-electron chi connectivity index (χ3n) is 4.69. The van der Waals surface area contributed by atoms with Crippen molar-refractivity contribution in [2.45, 2.75) is 58.1 Å². The van der Waals surface area contributed by atoms with Gasteiger partial charge in [-0.2, -0.15) is 0 Å². The Labute approximate surface area is 176 Å². The van der Waals surface area contributed by atoms with Crippen LogP contribution in [0.2, 0.25) is 5.02 Å². The second kappa shape index (κ2) is 9.48. The van der Waals surface area contributed by atoms with Crippen molar-refractivity contribution >= 4 is 35.1 Å². The molecule has 1 aromatic carbocycles. The number of hydrogen-bond donors (Lipinski definition) is 0. The van der Waals surface area contributed by atoms with Gasteiger partial charge in [0.15, 0.2) is 5.78 Å². The van der Waals surface area contributed by atoms with E-state index in [-0.39, 0.29) is 10.8 Å². The van der Waals surface area contributed by atoms with E-state index in [4.69, 9.17) is 25.8 Å². The van der Waals surface area contributed by atoms with Gasteiger partial charge in [-0.15, -0.1) is 0 Å². The smallest absolute Gasteiger partial charge is 0.415 e. The summed E-state index contributed by atoms with van der Waals surface area (Å²) in [7, 11) is 2.75. The molecule has 2 unspecified atom stereocenters. The lowest BCUT2D eigenvalue weighted by atomic mass is 9.95. The van der Waals surface area contributed by atoms with Gasteiger partial charge in [-0.1, -0.05) is 24.4 Å². The molecule has 7 nitrogen and oxygen atoms in total. The first-order valence-electron chi connectivity index (χ1n) is 9.56. The molecule has 29 heavy (non-hydrogen) atoms. The lowest BCUT2D eigenvalue weighted by Gasteiger charge is -2.33. The largest absolute Gasteiger partial charge is 0.497 e. The lowest BCUT2D eigenvalue weighted by Crippen LogP contribution is -2.50. The third-order valence-corrected chi connectivity index (χ3v) is 5.01. The van der Waals surface area contributed by atoms with E-state index < -0.39 is 29.6 Å². The van der Waals surface area contributed by atoms with Crippen LogP contribution >= 0.6 is 11.6 Å². The number of rotatable bonds is 4. The van der Waals surface area contributed by atoms with Gasteiger partial charge in [0.05, 0.1) is 31.0 Å². The maximum absolute atomic E-state index is 13.3. The number of amides is 1. The fourth-order valence-corrected chi connectivity index (χ4v) is 3.55. The number of methoxy groups -OCH3 is 2. The molecule has 0 bridgehead atoms. The molecule has 1 aliphatic rings. The van der Waals surface area contributed by atoms with Crippen LogP contribution in [0.15, 0.2) is 18.2 Å². The Bertz CT molecular complexity index is 773. The van der Waals surface area contributed by atoms with Crippen molar-refractivity contribution in [3.05, 3.63) is 23.2 Å². The number of ether oxygens (including phenoxy) is 3. The number of benzene rings is 1. The molecule has 2 atom stereocenters. The van der Waals surface area contributed by atoms with Crippen molar-refractivity contribution in [1.82, 2.24) is 0 Å². The number of hydrogen-bond acceptors (Lipinski definition) is 6. The highest BCUT2D eigenvalue weighted by Gasteiger charge is 2.42. The third kappa shape index (κ3) is 5.63. The van der Waals surface area contributed by atoms with Gasteiger partial charge in [0.25, 0.3) is 0 Å². The van der Waals surface area contributed by atoms with Crippen molar-refractivity contribution in [2.24, 2.45) is 5.92 Å². The van der Waals surface area contributed by atoms with Crippen LogP contribution in [0.5, 0.6) is 5.75 Å². The average Bonchev–Trinajstić information content (AvgIpc) is 2.83. The highest BCUT2D eigenvalue weighted by atomic mass is 35.5. The number of anilines is 1. The molecule has 8 heteroatoms. The van der Waals surface area contributed by atoms with Crippen molar-refractivity contribution in [2.75, 3.05) is 19.1 Å². The van der Waals surface area contributed by atoms with Gasteiger partial charge in [0.1, 0.15) is 17.3 Å². The summed E-state index contributed by atoms with van der Waals surface area (Å²) < 4.78 is 15.6. The van der Waals surface area contributed by atoms with E-state index in [0.717, 1.165) is 0 Å². The lowest BCUT2D eigenvalue weighted by molar-refractivity contribution is -0.149. The maximum Gasteiger partial charge on any atom is 0.415 e. The van der Waals surface area contributed by atoms with Crippen LogP contribution < -0.4 is 9.64 Å². The Hall–Kier alpha value is -2.28. The number of carbonyl (C=O) groups excluding carboxylic acids is 3. The molecule has 0 radical (unpaired) electrons. The summed E-state index contributed by atoms with van der Waals surface area (Å²) in [5.41, 5.74) is -0.486. The minimum atomic E-state index is -0.929. The topological polar surface area (TPSA) is 82.1 Å². The molecule has 2 rings (SSSR count). The quantitative estimate of drug-likeness (QED) is 0.404. The second-order valence-electron chi connectivity index (χ2n) is 7.95. The van der Waals surface area contributed by atoms with Crippen molar-refractivity contribution in [3.8, 4) is 5.75 Å². The maximum atomic E-state index is 13.3. The summed E-state index contributed by atoms with van der Waals surface area (Å²) in [6.07, 6.45) is 1.41. The van der Waals surface area contributed by atoms with E-state index in [1.807, 2.05) is 0 Å². The highest BCUT2D eigenvalue weighted by molar-refractivity contribution is 6.34. The van der Waals surface area contributed by atoms with Gasteiger partial charge in [-0.25, -0.2) is 4.79 Å². The molecule has 1 amide bonds. The normalized spacial score (nSPS) is 19.9. The van der Waals surface area contributed by atoms with E-state index >= 15 is 0 Å². The molecule has 0 spiro atoms. The van der Waals surface area contributed by atoms with Gasteiger partial charge in [0, 0.05) is 6.07 Å². The van der Waals surface area contributed by atoms with Crippen LogP contribution in [0.4, 0.5) is 10.5 Å². The van der Waals surface area contributed by atoms with Crippen LogP contribution in [0.1, 0.15) is 46.5 Å². The van der Waals surface area contributed by atoms with E-state index in [1.165, 1.54) is 19.1 Å². The molecular formula is C21H28ClNO6. The number of ketones is 1. The first kappa shape index (κ1) is 23.0. The molecular weight excluding hydrogens is 398 g/mol. The van der Waals surface area contributed by atoms with Crippen LogP contribution in [0.3, 0.4) is 0 Å². The zero-order chi connectivity index (χ0) is 21.8.